The molecular weight excluding hydrogens is 232 g/mol. The van der Waals surface area contributed by atoms with E-state index in [-0.39, 0.29) is 11.4 Å². The largest absolute Gasteiger partial charge is 0.355 e. The molecule has 1 rings (SSSR count). The molecule has 0 bridgehead atoms. The predicted octanol–water partition coefficient (Wildman–Crippen LogP) is 2.17. The van der Waals surface area contributed by atoms with Crippen LogP contribution >= 0.6 is 11.8 Å². The van der Waals surface area contributed by atoms with Gasteiger partial charge >= 0.3 is 0 Å². The van der Waals surface area contributed by atoms with Crippen LogP contribution in [0, 0.1) is 0 Å². The molecule has 1 aliphatic rings. The average Bonchev–Trinajstić information content (AvgIpc) is 2.37. The molecule has 1 amide bonds. The highest BCUT2D eigenvalue weighted by molar-refractivity contribution is 7.99. The van der Waals surface area contributed by atoms with Crippen LogP contribution in [0.2, 0.25) is 0 Å². The van der Waals surface area contributed by atoms with E-state index in [1.807, 2.05) is 7.05 Å². The molecule has 2 N–H and O–H groups in total. The molecule has 0 spiro atoms. The zero-order valence-corrected chi connectivity index (χ0v) is 12.2. The number of hydrogen-bond acceptors (Lipinski definition) is 3. The monoisotopic (exact) mass is 258 g/mol. The molecule has 1 fully saturated rings. The molecule has 0 radical (unpaired) electrons. The van der Waals surface area contributed by atoms with Crippen LogP contribution in [0.15, 0.2) is 0 Å². The Morgan fingerprint density at radius 2 is 2.00 bits per heavy atom. The highest BCUT2D eigenvalue weighted by Gasteiger charge is 2.32. The molecule has 0 aromatic heterocycles. The van der Waals surface area contributed by atoms with Crippen LogP contribution in [0.5, 0.6) is 0 Å². The second kappa shape index (κ2) is 7.27. The summed E-state index contributed by atoms with van der Waals surface area (Å²) in [5.74, 6) is 0.196. The first-order valence-electron chi connectivity index (χ1n) is 6.60. The molecule has 0 aromatic carbocycles. The Hall–Kier alpha value is -0.220. The number of carbonyl (C=O) groups excluding carboxylic acids is 1. The van der Waals surface area contributed by atoms with E-state index in [0.717, 1.165) is 19.4 Å². The fourth-order valence-electron chi connectivity index (χ4n) is 2.45. The van der Waals surface area contributed by atoms with E-state index >= 15 is 0 Å². The van der Waals surface area contributed by atoms with E-state index in [2.05, 4.69) is 23.8 Å². The summed E-state index contributed by atoms with van der Waals surface area (Å²) in [7, 11) is 1.99. The summed E-state index contributed by atoms with van der Waals surface area (Å²) in [6.07, 6.45) is 8.78. The van der Waals surface area contributed by atoms with Gasteiger partial charge in [-0.2, -0.15) is 11.8 Å². The van der Waals surface area contributed by atoms with Crippen LogP contribution in [0.4, 0.5) is 0 Å². The Morgan fingerprint density at radius 1 is 1.35 bits per heavy atom. The topological polar surface area (TPSA) is 41.1 Å². The zero-order chi connectivity index (χ0) is 12.7. The molecule has 1 atom stereocenters. The lowest BCUT2D eigenvalue weighted by Gasteiger charge is -2.36. The fraction of sp³-hybridized carbons (Fsp3) is 0.923. The van der Waals surface area contributed by atoms with Gasteiger partial charge in [-0.3, -0.25) is 4.79 Å². The van der Waals surface area contributed by atoms with Gasteiger partial charge in [-0.1, -0.05) is 26.2 Å². The minimum Gasteiger partial charge on any atom is -0.355 e. The number of thioether (sulfide) groups is 1. The summed E-state index contributed by atoms with van der Waals surface area (Å²) >= 11 is 1.79. The van der Waals surface area contributed by atoms with Gasteiger partial charge in [-0.05, 0) is 26.1 Å². The van der Waals surface area contributed by atoms with E-state index < -0.39 is 0 Å². The van der Waals surface area contributed by atoms with Gasteiger partial charge in [0.05, 0.1) is 0 Å². The van der Waals surface area contributed by atoms with Crippen LogP contribution in [0.1, 0.15) is 45.4 Å². The first kappa shape index (κ1) is 14.8. The number of nitrogens with one attached hydrogen (secondary N) is 2. The van der Waals surface area contributed by atoms with Gasteiger partial charge in [-0.25, -0.2) is 0 Å². The molecule has 0 heterocycles. The predicted molar refractivity (Wildman–Crippen MR) is 75.5 cm³/mol. The molecule has 0 saturated heterocycles. The Bertz CT molecular complexity index is 240. The minimum absolute atomic E-state index is 0.0604. The van der Waals surface area contributed by atoms with Crippen molar-refractivity contribution in [2.75, 3.05) is 19.8 Å². The lowest BCUT2D eigenvalue weighted by atomic mass is 9.79. The lowest BCUT2D eigenvalue weighted by Crippen LogP contribution is -2.48. The van der Waals surface area contributed by atoms with Crippen LogP contribution in [0.25, 0.3) is 0 Å². The maximum atomic E-state index is 11.9. The van der Waals surface area contributed by atoms with Gasteiger partial charge in [0, 0.05) is 23.8 Å². The summed E-state index contributed by atoms with van der Waals surface area (Å²) in [5, 5.41) is 6.92. The zero-order valence-electron chi connectivity index (χ0n) is 11.3. The second-order valence-electron chi connectivity index (χ2n) is 5.12. The molecule has 4 heteroatoms. The first-order valence-corrected chi connectivity index (χ1v) is 7.89. The van der Waals surface area contributed by atoms with E-state index in [1.54, 1.807) is 11.8 Å². The summed E-state index contributed by atoms with van der Waals surface area (Å²) in [6, 6.07) is 0. The molecular formula is C13H26N2OS. The lowest BCUT2D eigenvalue weighted by molar-refractivity contribution is -0.122. The molecule has 100 valence electrons. The van der Waals surface area contributed by atoms with E-state index in [4.69, 9.17) is 0 Å². The van der Waals surface area contributed by atoms with Gasteiger partial charge in [0.15, 0.2) is 0 Å². The summed E-state index contributed by atoms with van der Waals surface area (Å²) < 4.78 is 0. The molecule has 0 aliphatic heterocycles. The van der Waals surface area contributed by atoms with E-state index in [9.17, 15) is 4.79 Å². The molecule has 3 nitrogen and oxygen atoms in total. The van der Waals surface area contributed by atoms with Crippen LogP contribution in [0.3, 0.4) is 0 Å². The van der Waals surface area contributed by atoms with Crippen molar-refractivity contribution in [1.82, 2.24) is 10.6 Å². The van der Waals surface area contributed by atoms with Crippen molar-refractivity contribution < 1.29 is 4.79 Å². The van der Waals surface area contributed by atoms with Crippen molar-refractivity contribution in [3.63, 3.8) is 0 Å². The Morgan fingerprint density at radius 3 is 2.53 bits per heavy atom. The molecule has 1 aliphatic carbocycles. The molecule has 1 unspecified atom stereocenters. The number of carbonyl (C=O) groups is 1. The number of hydrogen-bond donors (Lipinski definition) is 2. The molecule has 0 aromatic rings. The number of amides is 1. The third-order valence-corrected chi connectivity index (χ3v) is 4.80. The summed E-state index contributed by atoms with van der Waals surface area (Å²) in [4.78, 5) is 11.9. The Kier molecular flexibility index (Phi) is 6.34. The summed E-state index contributed by atoms with van der Waals surface area (Å²) in [5.41, 5.74) is 0.0604. The van der Waals surface area contributed by atoms with E-state index in [1.165, 1.54) is 19.3 Å². The fourth-order valence-corrected chi connectivity index (χ4v) is 2.70. The van der Waals surface area contributed by atoms with Crippen molar-refractivity contribution in [1.29, 1.82) is 0 Å². The van der Waals surface area contributed by atoms with Crippen molar-refractivity contribution in [2.24, 2.45) is 0 Å². The van der Waals surface area contributed by atoms with Crippen LogP contribution in [-0.2, 0) is 4.79 Å². The van der Waals surface area contributed by atoms with Gasteiger partial charge < -0.3 is 10.6 Å². The minimum atomic E-state index is 0.0604. The smallest absolute Gasteiger partial charge is 0.221 e. The quantitative estimate of drug-likeness (QED) is 0.767. The highest BCUT2D eigenvalue weighted by atomic mass is 32.2. The van der Waals surface area contributed by atoms with Crippen molar-refractivity contribution >= 4 is 17.7 Å². The van der Waals surface area contributed by atoms with Crippen molar-refractivity contribution in [3.05, 3.63) is 0 Å². The normalized spacial score (nSPS) is 20.9. The Labute approximate surface area is 109 Å². The second-order valence-corrected chi connectivity index (χ2v) is 6.39. The van der Waals surface area contributed by atoms with Gasteiger partial charge in [0.2, 0.25) is 5.91 Å². The maximum Gasteiger partial charge on any atom is 0.221 e. The standard InChI is InChI=1S/C13H26N2OS/c1-11(17-3)10-15-12(16)9-13(14-2)7-5-4-6-8-13/h11,14H,4-10H2,1-3H3,(H,15,16). The maximum absolute atomic E-state index is 11.9. The Balaban J connectivity index is 2.37. The van der Waals surface area contributed by atoms with Gasteiger partial charge in [0.25, 0.3) is 0 Å². The van der Waals surface area contributed by atoms with Crippen LogP contribution < -0.4 is 10.6 Å². The third kappa shape index (κ3) is 4.88. The summed E-state index contributed by atoms with van der Waals surface area (Å²) in [6.45, 7) is 2.92. The van der Waals surface area contributed by atoms with Crippen molar-refractivity contribution in [2.45, 2.75) is 56.2 Å². The first-order chi connectivity index (χ1) is 8.12. The number of rotatable bonds is 6. The SMILES string of the molecule is CNC1(CC(=O)NCC(C)SC)CCCCC1. The van der Waals surface area contributed by atoms with Gasteiger partial charge in [-0.15, -0.1) is 0 Å². The molecule has 17 heavy (non-hydrogen) atoms. The van der Waals surface area contributed by atoms with Gasteiger partial charge in [0.1, 0.15) is 0 Å². The van der Waals surface area contributed by atoms with Crippen molar-refractivity contribution in [3.8, 4) is 0 Å². The third-order valence-electron chi connectivity index (χ3n) is 3.83. The average molecular weight is 258 g/mol. The van der Waals surface area contributed by atoms with Crippen LogP contribution in [-0.4, -0.2) is 36.5 Å². The highest BCUT2D eigenvalue weighted by Crippen LogP contribution is 2.30. The van der Waals surface area contributed by atoms with E-state index in [0.29, 0.717) is 11.7 Å². The molecule has 1 saturated carbocycles.